The predicted octanol–water partition coefficient (Wildman–Crippen LogP) is 3.52. The van der Waals surface area contributed by atoms with Crippen LogP contribution in [0.3, 0.4) is 0 Å². The van der Waals surface area contributed by atoms with Gasteiger partial charge in [0.05, 0.1) is 16.6 Å². The maximum Gasteiger partial charge on any atom is 0.264 e. The summed E-state index contributed by atoms with van der Waals surface area (Å²) in [6, 6.07) is 23.3. The van der Waals surface area contributed by atoms with Crippen molar-refractivity contribution in [3.05, 3.63) is 100 Å². The van der Waals surface area contributed by atoms with E-state index in [9.17, 15) is 14.7 Å². The van der Waals surface area contributed by atoms with Gasteiger partial charge < -0.3 is 20.0 Å². The van der Waals surface area contributed by atoms with Crippen LogP contribution in [0.4, 0.5) is 5.69 Å². The number of carboxylic acid groups (broad SMARTS) is 1. The number of carbonyl (C=O) groups excluding carboxylic acids is 2. The zero-order valence-electron chi connectivity index (χ0n) is 16.3. The Morgan fingerprint density at radius 3 is 2.45 bits per heavy atom. The van der Waals surface area contributed by atoms with Crippen LogP contribution in [0.1, 0.15) is 21.5 Å². The molecule has 3 aromatic carbocycles. The summed E-state index contributed by atoms with van der Waals surface area (Å²) in [4.78, 5) is 28.1. The number of carbonyl (C=O) groups is 2. The van der Waals surface area contributed by atoms with Crippen LogP contribution in [0, 0.1) is 0 Å². The molecule has 1 fully saturated rings. The maximum atomic E-state index is 12.4. The van der Waals surface area contributed by atoms with Crippen LogP contribution >= 0.6 is 11.8 Å². The smallest absolute Gasteiger partial charge is 0.264 e. The first-order chi connectivity index (χ1) is 15.1. The van der Waals surface area contributed by atoms with Crippen molar-refractivity contribution >= 4 is 40.6 Å². The molecule has 0 unspecified atom stereocenters. The highest BCUT2D eigenvalue weighted by molar-refractivity contribution is 8.18. The van der Waals surface area contributed by atoms with Crippen LogP contribution in [0.15, 0.2) is 88.8 Å². The van der Waals surface area contributed by atoms with Gasteiger partial charge in [0.1, 0.15) is 12.4 Å². The molecule has 1 heterocycles. The molecule has 1 aliphatic rings. The van der Waals surface area contributed by atoms with Gasteiger partial charge in [-0.25, -0.2) is 4.99 Å². The first-order valence-corrected chi connectivity index (χ1v) is 10.3. The van der Waals surface area contributed by atoms with Gasteiger partial charge >= 0.3 is 0 Å². The zero-order valence-corrected chi connectivity index (χ0v) is 17.1. The summed E-state index contributed by atoms with van der Waals surface area (Å²) in [5.41, 5.74) is 2.44. The Morgan fingerprint density at radius 2 is 1.71 bits per heavy atom. The van der Waals surface area contributed by atoms with Crippen LogP contribution < -0.4 is 15.2 Å². The number of rotatable bonds is 6. The van der Waals surface area contributed by atoms with Crippen LogP contribution in [-0.2, 0) is 11.4 Å². The quantitative estimate of drug-likeness (QED) is 0.606. The van der Waals surface area contributed by atoms with E-state index in [1.165, 1.54) is 23.9 Å². The van der Waals surface area contributed by atoms with Crippen molar-refractivity contribution in [3.8, 4) is 5.75 Å². The van der Waals surface area contributed by atoms with E-state index in [-0.39, 0.29) is 11.5 Å². The fraction of sp³-hybridized carbons (Fsp3) is 0.0417. The number of benzene rings is 3. The van der Waals surface area contributed by atoms with E-state index >= 15 is 0 Å². The van der Waals surface area contributed by atoms with Crippen LogP contribution in [0.25, 0.3) is 6.08 Å². The second-order valence-electron chi connectivity index (χ2n) is 6.63. The number of hydrogen-bond acceptors (Lipinski definition) is 6. The number of ether oxygens (including phenoxy) is 1. The Morgan fingerprint density at radius 1 is 1.00 bits per heavy atom. The lowest BCUT2D eigenvalue weighted by atomic mass is 10.2. The number of aromatic carboxylic acids is 1. The van der Waals surface area contributed by atoms with Crippen molar-refractivity contribution in [2.45, 2.75) is 6.61 Å². The number of hydrogen-bond donors (Lipinski definition) is 1. The van der Waals surface area contributed by atoms with Crippen LogP contribution in [-0.4, -0.2) is 17.0 Å². The molecule has 1 amide bonds. The number of amides is 1. The summed E-state index contributed by atoms with van der Waals surface area (Å²) in [5, 5.41) is 14.0. The molecule has 0 saturated carbocycles. The summed E-state index contributed by atoms with van der Waals surface area (Å²) in [6.45, 7) is 0.426. The Hall–Kier alpha value is -3.84. The average molecular weight is 429 g/mol. The molecule has 31 heavy (non-hydrogen) atoms. The van der Waals surface area contributed by atoms with E-state index in [0.717, 1.165) is 11.1 Å². The molecule has 0 aromatic heterocycles. The molecule has 0 bridgehead atoms. The van der Waals surface area contributed by atoms with E-state index in [1.807, 2.05) is 54.6 Å². The van der Waals surface area contributed by atoms with E-state index < -0.39 is 5.97 Å². The van der Waals surface area contributed by atoms with Crippen molar-refractivity contribution in [2.24, 2.45) is 4.99 Å². The monoisotopic (exact) mass is 429 g/mol. The second kappa shape index (κ2) is 9.32. The number of nitrogens with zero attached hydrogens (tertiary/aromatic N) is 1. The summed E-state index contributed by atoms with van der Waals surface area (Å²) < 4.78 is 5.95. The summed E-state index contributed by atoms with van der Waals surface area (Å²) in [7, 11) is 0. The molecular weight excluding hydrogens is 412 g/mol. The predicted molar refractivity (Wildman–Crippen MR) is 119 cm³/mol. The molecule has 1 saturated heterocycles. The zero-order chi connectivity index (χ0) is 21.6. The summed E-state index contributed by atoms with van der Waals surface area (Å²) >= 11 is 1.21. The second-order valence-corrected chi connectivity index (χ2v) is 7.66. The number of amidine groups is 1. The van der Waals surface area contributed by atoms with Crippen molar-refractivity contribution in [2.75, 3.05) is 0 Å². The van der Waals surface area contributed by atoms with Gasteiger partial charge in [0.2, 0.25) is 0 Å². The third kappa shape index (κ3) is 5.21. The molecule has 4 rings (SSSR count). The Labute approximate surface area is 183 Å². The van der Waals surface area contributed by atoms with Gasteiger partial charge in [-0.15, -0.1) is 0 Å². The Balaban J connectivity index is 1.50. The number of nitrogens with one attached hydrogen (secondary N) is 1. The SMILES string of the molecule is O=C1NC(=Nc2ccc(C(=O)[O-])cc2)S/C1=C/c1ccccc1OCc1ccccc1. The first-order valence-electron chi connectivity index (χ1n) is 9.45. The Kier molecular flexibility index (Phi) is 6.14. The van der Waals surface area contributed by atoms with Crippen LogP contribution in [0.2, 0.25) is 0 Å². The summed E-state index contributed by atoms with van der Waals surface area (Å²) in [5.74, 6) is -0.829. The average Bonchev–Trinajstić information content (AvgIpc) is 3.12. The third-order valence-electron chi connectivity index (χ3n) is 4.43. The fourth-order valence-electron chi connectivity index (χ4n) is 2.88. The summed E-state index contributed by atoms with van der Waals surface area (Å²) in [6.07, 6.45) is 1.77. The molecule has 0 radical (unpaired) electrons. The van der Waals surface area contributed by atoms with Crippen molar-refractivity contribution in [1.29, 1.82) is 0 Å². The van der Waals surface area contributed by atoms with Crippen molar-refractivity contribution in [3.63, 3.8) is 0 Å². The molecule has 0 spiro atoms. The first kappa shape index (κ1) is 20.4. The largest absolute Gasteiger partial charge is 0.545 e. The lowest BCUT2D eigenvalue weighted by molar-refractivity contribution is -0.255. The van der Waals surface area contributed by atoms with Crippen molar-refractivity contribution < 1.29 is 19.4 Å². The van der Waals surface area contributed by atoms with E-state index in [4.69, 9.17) is 4.74 Å². The number of aliphatic imine (C=N–C) groups is 1. The third-order valence-corrected chi connectivity index (χ3v) is 5.34. The topological polar surface area (TPSA) is 90.8 Å². The normalized spacial score (nSPS) is 15.8. The molecule has 3 aromatic rings. The van der Waals surface area contributed by atoms with Crippen LogP contribution in [0.5, 0.6) is 5.75 Å². The lowest BCUT2D eigenvalue weighted by Gasteiger charge is -2.09. The highest BCUT2D eigenvalue weighted by Gasteiger charge is 2.24. The fourth-order valence-corrected chi connectivity index (χ4v) is 3.71. The minimum Gasteiger partial charge on any atom is -0.545 e. The van der Waals surface area contributed by atoms with E-state index in [2.05, 4.69) is 10.3 Å². The van der Waals surface area contributed by atoms with Gasteiger partial charge in [-0.1, -0.05) is 60.7 Å². The van der Waals surface area contributed by atoms with Gasteiger partial charge in [-0.2, -0.15) is 0 Å². The van der Waals surface area contributed by atoms with Gasteiger partial charge in [-0.05, 0) is 47.2 Å². The van der Waals surface area contributed by atoms with Gasteiger partial charge in [0.25, 0.3) is 5.91 Å². The number of thioether (sulfide) groups is 1. The number of para-hydroxylation sites is 1. The van der Waals surface area contributed by atoms with Crippen molar-refractivity contribution in [1.82, 2.24) is 5.32 Å². The minimum atomic E-state index is -1.25. The molecule has 1 aliphatic heterocycles. The molecule has 0 atom stereocenters. The van der Waals surface area contributed by atoms with E-state index in [0.29, 0.717) is 28.1 Å². The molecule has 154 valence electrons. The van der Waals surface area contributed by atoms with E-state index in [1.54, 1.807) is 18.2 Å². The maximum absolute atomic E-state index is 12.4. The molecule has 7 heteroatoms. The molecule has 6 nitrogen and oxygen atoms in total. The molecular formula is C24H17N2O4S-. The minimum absolute atomic E-state index is 0.0692. The number of carboxylic acids is 1. The highest BCUT2D eigenvalue weighted by Crippen LogP contribution is 2.31. The lowest BCUT2D eigenvalue weighted by Crippen LogP contribution is -2.21. The van der Waals surface area contributed by atoms with Gasteiger partial charge in [0.15, 0.2) is 5.17 Å². The molecule has 0 aliphatic carbocycles. The molecule has 1 N–H and O–H groups in total. The van der Waals surface area contributed by atoms with Gasteiger partial charge in [-0.3, -0.25) is 4.79 Å². The standard InChI is InChI=1S/C24H18N2O4S/c27-22-21(31-24(26-22)25-19-12-10-17(11-13-19)23(28)29)14-18-8-4-5-9-20(18)30-15-16-6-2-1-3-7-16/h1-14H,15H2,(H,28,29)(H,25,26,27)/p-1/b21-14+. The Bertz CT molecular complexity index is 1170. The van der Waals surface area contributed by atoms with Gasteiger partial charge in [0, 0.05) is 5.56 Å². The highest BCUT2D eigenvalue weighted by atomic mass is 32.2.